The van der Waals surface area contributed by atoms with Crippen LogP contribution in [0.15, 0.2) is 6.07 Å². The molecular weight excluding hydrogens is 310 g/mol. The molecule has 8 nitrogen and oxygen atoms in total. The largest absolute Gasteiger partial charge is 0.361 e. The minimum atomic E-state index is -0.410. The summed E-state index contributed by atoms with van der Waals surface area (Å²) in [5, 5.41) is 10.2. The van der Waals surface area contributed by atoms with Gasteiger partial charge in [0, 0.05) is 19.5 Å². The van der Waals surface area contributed by atoms with E-state index in [4.69, 9.17) is 4.74 Å². The fraction of sp³-hybridized carbons (Fsp3) is 0.688. The molecule has 0 bridgehead atoms. The van der Waals surface area contributed by atoms with Crippen molar-refractivity contribution in [3.8, 4) is 0 Å². The molecule has 4 rings (SSSR count). The zero-order chi connectivity index (χ0) is 16.7. The smallest absolute Gasteiger partial charge is 0.317 e. The molecule has 0 radical (unpaired) electrons. The Morgan fingerprint density at radius 1 is 1.50 bits per heavy atom. The Labute approximate surface area is 140 Å². The highest BCUT2D eigenvalue weighted by molar-refractivity contribution is 5.78. The molecule has 2 N–H and O–H groups in total. The number of likely N-dealkylation sites (N-methyl/N-ethyl adjacent to an activating group) is 1. The number of hydrogen-bond acceptors (Lipinski definition) is 4. The summed E-state index contributed by atoms with van der Waals surface area (Å²) in [5.74, 6) is 0.599. The normalized spacial score (nSPS) is 27.1. The Hall–Kier alpha value is -2.09. The van der Waals surface area contributed by atoms with E-state index in [1.807, 2.05) is 6.07 Å². The molecule has 1 atom stereocenters. The Bertz CT molecular complexity index is 656. The van der Waals surface area contributed by atoms with Crippen LogP contribution in [0.1, 0.15) is 36.6 Å². The topological polar surface area (TPSA) is 90.6 Å². The van der Waals surface area contributed by atoms with Gasteiger partial charge in [-0.15, -0.1) is 0 Å². The second-order valence-corrected chi connectivity index (χ2v) is 7.14. The van der Waals surface area contributed by atoms with E-state index in [1.165, 1.54) is 12.8 Å². The van der Waals surface area contributed by atoms with Crippen LogP contribution in [0.4, 0.5) is 4.79 Å². The van der Waals surface area contributed by atoms with Crippen molar-refractivity contribution in [3.63, 3.8) is 0 Å². The number of hydrogen-bond donors (Lipinski definition) is 2. The number of likely N-dealkylation sites (tertiary alicyclic amines) is 1. The summed E-state index contributed by atoms with van der Waals surface area (Å²) in [5.41, 5.74) is 1.62. The molecule has 0 unspecified atom stereocenters. The van der Waals surface area contributed by atoms with Crippen LogP contribution in [0, 0.1) is 0 Å². The van der Waals surface area contributed by atoms with Crippen LogP contribution < -0.4 is 5.32 Å². The Balaban J connectivity index is 1.29. The molecule has 8 heteroatoms. The molecule has 1 spiro atoms. The molecule has 3 aliphatic rings. The number of urea groups is 1. The number of amides is 3. The summed E-state index contributed by atoms with van der Waals surface area (Å²) in [6.45, 7) is 2.25. The van der Waals surface area contributed by atoms with E-state index < -0.39 is 5.60 Å². The van der Waals surface area contributed by atoms with E-state index in [1.54, 1.807) is 16.8 Å². The minimum Gasteiger partial charge on any atom is -0.361 e. The maximum atomic E-state index is 12.4. The number of carbonyl (C=O) groups excluding carboxylic acids is 2. The maximum Gasteiger partial charge on any atom is 0.317 e. The highest BCUT2D eigenvalue weighted by atomic mass is 16.5. The average Bonchev–Trinajstić information content (AvgIpc) is 3.17. The van der Waals surface area contributed by atoms with E-state index >= 15 is 0 Å². The molecular formula is C16H23N5O3. The number of H-pyrrole nitrogens is 1. The van der Waals surface area contributed by atoms with Gasteiger partial charge in [-0.1, -0.05) is 0 Å². The van der Waals surface area contributed by atoms with Gasteiger partial charge in [0.05, 0.1) is 31.0 Å². The predicted molar refractivity (Wildman–Crippen MR) is 85.3 cm³/mol. The summed E-state index contributed by atoms with van der Waals surface area (Å²) in [6, 6.07) is 1.94. The van der Waals surface area contributed by atoms with Crippen LogP contribution in [0.2, 0.25) is 0 Å². The second-order valence-electron chi connectivity index (χ2n) is 7.14. The van der Waals surface area contributed by atoms with Gasteiger partial charge in [0.2, 0.25) is 5.91 Å². The van der Waals surface area contributed by atoms with Crippen molar-refractivity contribution in [1.29, 1.82) is 0 Å². The lowest BCUT2D eigenvalue weighted by molar-refractivity contribution is -0.158. The number of nitrogens with zero attached hydrogens (tertiary/aromatic N) is 3. The van der Waals surface area contributed by atoms with Gasteiger partial charge in [-0.05, 0) is 25.3 Å². The average molecular weight is 333 g/mol. The SMILES string of the molecule is CN1C[C@]2(CCN(C(=O)NCc3cc(C4CC4)n[nH]3)C2)OCC1=O. The lowest BCUT2D eigenvalue weighted by atomic mass is 10.0. The van der Waals surface area contributed by atoms with Crippen molar-refractivity contribution < 1.29 is 14.3 Å². The van der Waals surface area contributed by atoms with Gasteiger partial charge in [-0.3, -0.25) is 9.89 Å². The van der Waals surface area contributed by atoms with Crippen molar-refractivity contribution in [1.82, 2.24) is 25.3 Å². The third-order valence-electron chi connectivity index (χ3n) is 5.13. The molecule has 3 fully saturated rings. The highest BCUT2D eigenvalue weighted by Crippen LogP contribution is 2.39. The quantitative estimate of drug-likeness (QED) is 0.839. The van der Waals surface area contributed by atoms with Crippen molar-refractivity contribution in [2.24, 2.45) is 0 Å². The van der Waals surface area contributed by atoms with Crippen LogP contribution in [0.25, 0.3) is 0 Å². The lowest BCUT2D eigenvalue weighted by Gasteiger charge is -2.38. The first-order valence-electron chi connectivity index (χ1n) is 8.50. The molecule has 0 aromatic carbocycles. The summed E-state index contributed by atoms with van der Waals surface area (Å²) in [7, 11) is 1.78. The Morgan fingerprint density at radius 2 is 2.33 bits per heavy atom. The first-order chi connectivity index (χ1) is 11.5. The number of morpholine rings is 1. The fourth-order valence-electron chi connectivity index (χ4n) is 3.50. The van der Waals surface area contributed by atoms with Crippen LogP contribution in [0.3, 0.4) is 0 Å². The lowest BCUT2D eigenvalue weighted by Crippen LogP contribution is -2.55. The van der Waals surface area contributed by atoms with E-state index in [9.17, 15) is 9.59 Å². The van der Waals surface area contributed by atoms with Crippen molar-refractivity contribution >= 4 is 11.9 Å². The summed E-state index contributed by atoms with van der Waals surface area (Å²) in [4.78, 5) is 27.4. The van der Waals surface area contributed by atoms with Crippen LogP contribution in [0.5, 0.6) is 0 Å². The molecule has 24 heavy (non-hydrogen) atoms. The zero-order valence-corrected chi connectivity index (χ0v) is 13.9. The number of carbonyl (C=O) groups is 2. The van der Waals surface area contributed by atoms with Crippen molar-refractivity contribution in [3.05, 3.63) is 17.5 Å². The molecule has 1 aromatic rings. The first kappa shape index (κ1) is 15.4. The van der Waals surface area contributed by atoms with E-state index in [0.717, 1.165) is 17.8 Å². The number of ether oxygens (including phenoxy) is 1. The number of aromatic amines is 1. The molecule has 1 aliphatic carbocycles. The number of aromatic nitrogens is 2. The van der Waals surface area contributed by atoms with Gasteiger partial charge in [-0.2, -0.15) is 5.10 Å². The minimum absolute atomic E-state index is 0.00533. The first-order valence-corrected chi connectivity index (χ1v) is 8.50. The van der Waals surface area contributed by atoms with Gasteiger partial charge in [0.1, 0.15) is 12.2 Å². The van der Waals surface area contributed by atoms with Gasteiger partial charge in [-0.25, -0.2) is 4.79 Å². The predicted octanol–water partition coefficient (Wildman–Crippen LogP) is 0.430. The van der Waals surface area contributed by atoms with Gasteiger partial charge in [0.15, 0.2) is 0 Å². The third kappa shape index (κ3) is 2.98. The molecule has 2 saturated heterocycles. The van der Waals surface area contributed by atoms with Crippen molar-refractivity contribution in [2.45, 2.75) is 37.3 Å². The molecule has 1 saturated carbocycles. The molecule has 3 amide bonds. The summed E-state index contributed by atoms with van der Waals surface area (Å²) in [6.07, 6.45) is 3.18. The van der Waals surface area contributed by atoms with Crippen LogP contribution in [-0.4, -0.2) is 70.8 Å². The molecule has 1 aromatic heterocycles. The second kappa shape index (κ2) is 5.77. The Kier molecular flexibility index (Phi) is 3.71. The number of rotatable bonds is 3. The van der Waals surface area contributed by atoms with Gasteiger partial charge >= 0.3 is 6.03 Å². The van der Waals surface area contributed by atoms with Crippen LogP contribution >= 0.6 is 0 Å². The molecule has 3 heterocycles. The van der Waals surface area contributed by atoms with Crippen molar-refractivity contribution in [2.75, 3.05) is 33.3 Å². The standard InChI is InChI=1S/C16H23N5O3/c1-20-9-16(24-8-14(20)22)4-5-21(10-16)15(23)17-7-12-6-13(19-18-12)11-2-3-11/h6,11H,2-5,7-10H2,1H3,(H,17,23)(H,18,19)/t16-/m0/s1. The highest BCUT2D eigenvalue weighted by Gasteiger charge is 2.45. The Morgan fingerprint density at radius 3 is 3.08 bits per heavy atom. The van der Waals surface area contributed by atoms with E-state index in [2.05, 4.69) is 15.5 Å². The molecule has 2 aliphatic heterocycles. The molecule has 130 valence electrons. The van der Waals surface area contributed by atoms with E-state index in [0.29, 0.717) is 32.1 Å². The summed E-state index contributed by atoms with van der Waals surface area (Å²) < 4.78 is 5.76. The summed E-state index contributed by atoms with van der Waals surface area (Å²) >= 11 is 0. The van der Waals surface area contributed by atoms with Crippen LogP contribution in [-0.2, 0) is 16.1 Å². The third-order valence-corrected chi connectivity index (χ3v) is 5.13. The monoisotopic (exact) mass is 333 g/mol. The van der Waals surface area contributed by atoms with Gasteiger partial charge < -0.3 is 19.9 Å². The zero-order valence-electron chi connectivity index (χ0n) is 13.9. The maximum absolute atomic E-state index is 12.4. The fourth-order valence-corrected chi connectivity index (χ4v) is 3.50. The van der Waals surface area contributed by atoms with Gasteiger partial charge in [0.25, 0.3) is 0 Å². The number of nitrogens with one attached hydrogen (secondary N) is 2. The van der Waals surface area contributed by atoms with E-state index in [-0.39, 0.29) is 18.5 Å².